The van der Waals surface area contributed by atoms with Crippen LogP contribution in [0.5, 0.6) is 0 Å². The third-order valence-corrected chi connectivity index (χ3v) is 3.04. The van der Waals surface area contributed by atoms with Crippen LogP contribution >= 0.6 is 11.3 Å². The lowest BCUT2D eigenvalue weighted by Gasteiger charge is -2.18. The number of Topliss-reactive ketones (excluding diaryl/α,β-unsaturated/α-hetero) is 1. The number of nitrogens with zero attached hydrogens (tertiary/aromatic N) is 1. The number of ketones is 1. The number of carbonyl (C=O) groups excluding carboxylic acids is 2. The SMILES string of the molecule is CC(C)(C)OC(=O)N/N=C(/CC(=O)c1cccs1)C(F)(F)F. The van der Waals surface area contributed by atoms with Crippen molar-refractivity contribution in [3.8, 4) is 0 Å². The highest BCUT2D eigenvalue weighted by molar-refractivity contribution is 7.12. The first-order valence-electron chi connectivity index (χ1n) is 6.18. The Bertz CT molecular complexity index is 560. The number of alkyl halides is 3. The fraction of sp³-hybridized carbons (Fsp3) is 0.462. The quantitative estimate of drug-likeness (QED) is 0.517. The van der Waals surface area contributed by atoms with Crippen LogP contribution in [0.4, 0.5) is 18.0 Å². The van der Waals surface area contributed by atoms with E-state index in [1.807, 2.05) is 0 Å². The van der Waals surface area contributed by atoms with Gasteiger partial charge < -0.3 is 4.74 Å². The van der Waals surface area contributed by atoms with Crippen LogP contribution in [-0.2, 0) is 4.74 Å². The second-order valence-electron chi connectivity index (χ2n) is 5.25. The molecule has 9 heteroatoms. The lowest BCUT2D eigenvalue weighted by molar-refractivity contribution is -0.0606. The smallest absolute Gasteiger partial charge is 0.431 e. The summed E-state index contributed by atoms with van der Waals surface area (Å²) in [5.74, 6) is -0.725. The Hall–Kier alpha value is -1.90. The molecule has 0 fully saturated rings. The molecule has 0 saturated carbocycles. The Labute approximate surface area is 129 Å². The van der Waals surface area contributed by atoms with Gasteiger partial charge in [-0.15, -0.1) is 11.3 Å². The van der Waals surface area contributed by atoms with E-state index in [-0.39, 0.29) is 4.88 Å². The molecular formula is C13H15F3N2O3S. The zero-order valence-electron chi connectivity index (χ0n) is 12.2. The fourth-order valence-corrected chi connectivity index (χ4v) is 1.96. The van der Waals surface area contributed by atoms with Crippen LogP contribution < -0.4 is 5.43 Å². The number of halogens is 3. The highest BCUT2D eigenvalue weighted by Gasteiger charge is 2.37. The molecule has 122 valence electrons. The molecule has 1 aromatic rings. The first-order valence-corrected chi connectivity index (χ1v) is 7.06. The van der Waals surface area contributed by atoms with Crippen molar-refractivity contribution in [1.29, 1.82) is 0 Å². The van der Waals surface area contributed by atoms with Gasteiger partial charge >= 0.3 is 12.3 Å². The Kier molecular flexibility index (Phi) is 5.70. The molecule has 22 heavy (non-hydrogen) atoms. The van der Waals surface area contributed by atoms with Crippen molar-refractivity contribution in [3.63, 3.8) is 0 Å². The molecule has 1 rings (SSSR count). The molecule has 0 aromatic carbocycles. The Morgan fingerprint density at radius 3 is 2.41 bits per heavy atom. The molecule has 1 N–H and O–H groups in total. The number of hydrazone groups is 1. The zero-order chi connectivity index (χ0) is 17.0. The molecule has 0 bridgehead atoms. The zero-order valence-corrected chi connectivity index (χ0v) is 13.0. The van der Waals surface area contributed by atoms with Gasteiger partial charge in [-0.1, -0.05) is 6.07 Å². The van der Waals surface area contributed by atoms with E-state index in [1.165, 1.54) is 6.07 Å². The van der Waals surface area contributed by atoms with E-state index < -0.39 is 35.8 Å². The lowest BCUT2D eigenvalue weighted by Crippen LogP contribution is -2.33. The first kappa shape index (κ1) is 18.1. The standard InChI is InChI=1S/C13H15F3N2O3S/c1-12(2,3)21-11(20)18-17-10(13(14,15)16)7-8(19)9-5-4-6-22-9/h4-6H,7H2,1-3H3,(H,18,20)/b17-10-. The summed E-state index contributed by atoms with van der Waals surface area (Å²) >= 11 is 1.03. The number of hydrogen-bond acceptors (Lipinski definition) is 5. The second-order valence-corrected chi connectivity index (χ2v) is 6.19. The molecule has 1 heterocycles. The van der Waals surface area contributed by atoms with Crippen molar-refractivity contribution in [1.82, 2.24) is 5.43 Å². The minimum absolute atomic E-state index is 0.189. The molecule has 1 amide bonds. The van der Waals surface area contributed by atoms with E-state index in [0.717, 1.165) is 11.3 Å². The number of nitrogens with one attached hydrogen (secondary N) is 1. The maximum atomic E-state index is 12.8. The third kappa shape index (κ3) is 6.25. The van der Waals surface area contributed by atoms with Gasteiger partial charge in [-0.2, -0.15) is 18.3 Å². The van der Waals surface area contributed by atoms with Gasteiger partial charge in [-0.3, -0.25) is 4.79 Å². The maximum absolute atomic E-state index is 12.8. The van der Waals surface area contributed by atoms with E-state index in [4.69, 9.17) is 4.74 Å². The van der Waals surface area contributed by atoms with Crippen molar-refractivity contribution >= 4 is 28.9 Å². The predicted octanol–water partition coefficient (Wildman–Crippen LogP) is 3.76. The van der Waals surface area contributed by atoms with Gasteiger partial charge in [0.05, 0.1) is 11.3 Å². The van der Waals surface area contributed by atoms with Gasteiger partial charge in [0.25, 0.3) is 0 Å². The summed E-state index contributed by atoms with van der Waals surface area (Å²) in [4.78, 5) is 23.2. The summed E-state index contributed by atoms with van der Waals surface area (Å²) in [6.45, 7) is 4.67. The monoisotopic (exact) mass is 336 g/mol. The molecule has 5 nitrogen and oxygen atoms in total. The number of carbonyl (C=O) groups is 2. The van der Waals surface area contributed by atoms with Crippen molar-refractivity contribution in [3.05, 3.63) is 22.4 Å². The van der Waals surface area contributed by atoms with Crippen LogP contribution in [0.3, 0.4) is 0 Å². The largest absolute Gasteiger partial charge is 0.443 e. The molecule has 1 aromatic heterocycles. The van der Waals surface area contributed by atoms with Gasteiger partial charge in [0.1, 0.15) is 11.3 Å². The van der Waals surface area contributed by atoms with E-state index in [2.05, 4.69) is 5.10 Å². The van der Waals surface area contributed by atoms with Crippen LogP contribution in [0.2, 0.25) is 0 Å². The highest BCUT2D eigenvalue weighted by atomic mass is 32.1. The molecule has 0 unspecified atom stereocenters. The van der Waals surface area contributed by atoms with Gasteiger partial charge in [-0.05, 0) is 32.2 Å². The fourth-order valence-electron chi connectivity index (χ4n) is 1.29. The molecule has 0 aliphatic heterocycles. The average Bonchev–Trinajstić information content (AvgIpc) is 2.84. The Balaban J connectivity index is 2.79. The average molecular weight is 336 g/mol. The lowest BCUT2D eigenvalue weighted by atomic mass is 10.1. The number of ether oxygens (including phenoxy) is 1. The summed E-state index contributed by atoms with van der Waals surface area (Å²) in [6.07, 6.45) is -6.92. The van der Waals surface area contributed by atoms with E-state index in [0.29, 0.717) is 0 Å². The summed E-state index contributed by atoms with van der Waals surface area (Å²) < 4.78 is 43.3. The molecule has 0 aliphatic carbocycles. The number of hydrogen-bond donors (Lipinski definition) is 1. The number of thiophene rings is 1. The van der Waals surface area contributed by atoms with Gasteiger partial charge in [-0.25, -0.2) is 10.2 Å². The van der Waals surface area contributed by atoms with Crippen molar-refractivity contribution in [2.24, 2.45) is 5.10 Å². The van der Waals surface area contributed by atoms with Crippen LogP contribution in [0.15, 0.2) is 22.6 Å². The first-order chi connectivity index (χ1) is 9.99. The van der Waals surface area contributed by atoms with Gasteiger partial charge in [0.15, 0.2) is 5.78 Å². The van der Waals surface area contributed by atoms with Crippen molar-refractivity contribution in [2.75, 3.05) is 0 Å². The Morgan fingerprint density at radius 2 is 1.95 bits per heavy atom. The van der Waals surface area contributed by atoms with Crippen LogP contribution in [-0.4, -0.2) is 29.4 Å². The van der Waals surface area contributed by atoms with Crippen LogP contribution in [0, 0.1) is 0 Å². The third-order valence-electron chi connectivity index (χ3n) is 2.13. The molecule has 0 aliphatic rings. The van der Waals surface area contributed by atoms with Crippen molar-refractivity contribution in [2.45, 2.75) is 39.0 Å². The summed E-state index contributed by atoms with van der Waals surface area (Å²) in [5, 5.41) is 4.56. The molecule has 0 atom stereocenters. The summed E-state index contributed by atoms with van der Waals surface area (Å²) in [5.41, 5.74) is -0.608. The van der Waals surface area contributed by atoms with Crippen molar-refractivity contribution < 1.29 is 27.5 Å². The second kappa shape index (κ2) is 6.91. The van der Waals surface area contributed by atoms with E-state index >= 15 is 0 Å². The Morgan fingerprint density at radius 1 is 1.32 bits per heavy atom. The summed E-state index contributed by atoms with van der Waals surface area (Å²) in [6, 6.07) is 2.98. The number of rotatable bonds is 4. The van der Waals surface area contributed by atoms with E-state index in [9.17, 15) is 22.8 Å². The summed E-state index contributed by atoms with van der Waals surface area (Å²) in [7, 11) is 0. The molecule has 0 saturated heterocycles. The molecular weight excluding hydrogens is 321 g/mol. The highest BCUT2D eigenvalue weighted by Crippen LogP contribution is 2.22. The predicted molar refractivity (Wildman–Crippen MR) is 76.1 cm³/mol. The van der Waals surface area contributed by atoms with Crippen LogP contribution in [0.25, 0.3) is 0 Å². The molecule has 0 spiro atoms. The van der Waals surface area contributed by atoms with E-state index in [1.54, 1.807) is 37.6 Å². The molecule has 0 radical (unpaired) electrons. The maximum Gasteiger partial charge on any atom is 0.431 e. The normalized spacial score (nSPS) is 12.9. The van der Waals surface area contributed by atoms with Gasteiger partial charge in [0.2, 0.25) is 0 Å². The minimum atomic E-state index is -4.83. The van der Waals surface area contributed by atoms with Crippen LogP contribution in [0.1, 0.15) is 36.9 Å². The van der Waals surface area contributed by atoms with Gasteiger partial charge in [0, 0.05) is 0 Å². The minimum Gasteiger partial charge on any atom is -0.443 e. The topological polar surface area (TPSA) is 67.8 Å². The number of amides is 1.